The van der Waals surface area contributed by atoms with Gasteiger partial charge in [0, 0.05) is 17.5 Å². The van der Waals surface area contributed by atoms with Crippen LogP contribution in [0.4, 0.5) is 0 Å². The molecule has 1 aromatic carbocycles. The Hall–Kier alpha value is -1.69. The molecular weight excluding hydrogens is 290 g/mol. The lowest BCUT2D eigenvalue weighted by Crippen LogP contribution is -2.49. The minimum atomic E-state index is -0.828. The van der Waals surface area contributed by atoms with Crippen molar-refractivity contribution in [3.05, 3.63) is 24.3 Å². The molecule has 0 aliphatic carbocycles. The molecule has 2 atom stereocenters. The SMILES string of the molecule is C[C@@H]1[C@H](C(=O)O)CCCN1C(=O)CSc1ccc(O)cc1. The van der Waals surface area contributed by atoms with E-state index in [4.69, 9.17) is 0 Å². The molecule has 114 valence electrons. The Morgan fingerprint density at radius 2 is 2.00 bits per heavy atom. The first kappa shape index (κ1) is 15.7. The number of phenolic OH excluding ortho intramolecular Hbond substituents is 1. The number of thioether (sulfide) groups is 1. The largest absolute Gasteiger partial charge is 0.508 e. The third-order valence-electron chi connectivity index (χ3n) is 3.82. The first-order chi connectivity index (χ1) is 9.99. The van der Waals surface area contributed by atoms with E-state index in [-0.39, 0.29) is 23.5 Å². The smallest absolute Gasteiger partial charge is 0.308 e. The number of carboxylic acid groups (broad SMARTS) is 1. The van der Waals surface area contributed by atoms with Crippen molar-refractivity contribution >= 4 is 23.6 Å². The van der Waals surface area contributed by atoms with E-state index in [0.717, 1.165) is 11.3 Å². The molecule has 0 spiro atoms. The van der Waals surface area contributed by atoms with E-state index >= 15 is 0 Å². The number of carbonyl (C=O) groups excluding carboxylic acids is 1. The molecule has 2 N–H and O–H groups in total. The second-order valence-corrected chi connectivity index (χ2v) is 6.25. The van der Waals surface area contributed by atoms with Gasteiger partial charge in [0.1, 0.15) is 5.75 Å². The number of phenols is 1. The quantitative estimate of drug-likeness (QED) is 0.834. The Morgan fingerprint density at radius 3 is 2.62 bits per heavy atom. The third-order valence-corrected chi connectivity index (χ3v) is 4.82. The Labute approximate surface area is 128 Å². The summed E-state index contributed by atoms with van der Waals surface area (Å²) in [7, 11) is 0. The van der Waals surface area contributed by atoms with Crippen LogP contribution in [-0.4, -0.2) is 45.3 Å². The number of piperidine rings is 1. The number of likely N-dealkylation sites (tertiary alicyclic amines) is 1. The predicted octanol–water partition coefficient (Wildman–Crippen LogP) is 2.20. The summed E-state index contributed by atoms with van der Waals surface area (Å²) in [5.74, 6) is -0.861. The molecular formula is C15H19NO4S. The summed E-state index contributed by atoms with van der Waals surface area (Å²) in [4.78, 5) is 26.0. The molecule has 1 saturated heterocycles. The van der Waals surface area contributed by atoms with E-state index in [1.54, 1.807) is 36.1 Å². The van der Waals surface area contributed by atoms with Gasteiger partial charge >= 0.3 is 5.97 Å². The van der Waals surface area contributed by atoms with Gasteiger partial charge in [0.25, 0.3) is 0 Å². The number of hydrogen-bond donors (Lipinski definition) is 2. The Morgan fingerprint density at radius 1 is 1.33 bits per heavy atom. The van der Waals surface area contributed by atoms with Crippen LogP contribution in [0.15, 0.2) is 29.2 Å². The second kappa shape index (κ2) is 6.85. The molecule has 5 nitrogen and oxygen atoms in total. The zero-order valence-corrected chi connectivity index (χ0v) is 12.7. The zero-order chi connectivity index (χ0) is 15.4. The Bertz CT molecular complexity index is 517. The Balaban J connectivity index is 1.93. The molecule has 6 heteroatoms. The predicted molar refractivity (Wildman–Crippen MR) is 80.4 cm³/mol. The fourth-order valence-corrected chi connectivity index (χ4v) is 3.38. The number of hydrogen-bond acceptors (Lipinski definition) is 4. The normalized spacial score (nSPS) is 22.0. The lowest BCUT2D eigenvalue weighted by atomic mass is 9.90. The van der Waals surface area contributed by atoms with Gasteiger partial charge in [-0.3, -0.25) is 9.59 Å². The number of benzene rings is 1. The molecule has 0 aromatic heterocycles. The van der Waals surface area contributed by atoms with Crippen LogP contribution in [0.5, 0.6) is 5.75 Å². The number of nitrogens with zero attached hydrogens (tertiary/aromatic N) is 1. The highest BCUT2D eigenvalue weighted by Crippen LogP contribution is 2.26. The minimum Gasteiger partial charge on any atom is -0.508 e. The first-order valence-electron chi connectivity index (χ1n) is 6.93. The fourth-order valence-electron chi connectivity index (χ4n) is 2.60. The van der Waals surface area contributed by atoms with Crippen LogP contribution in [0, 0.1) is 5.92 Å². The van der Waals surface area contributed by atoms with E-state index in [1.807, 2.05) is 0 Å². The molecule has 0 saturated carbocycles. The van der Waals surface area contributed by atoms with Crippen molar-refractivity contribution < 1.29 is 19.8 Å². The summed E-state index contributed by atoms with van der Waals surface area (Å²) in [5.41, 5.74) is 0. The molecule has 1 amide bonds. The van der Waals surface area contributed by atoms with Crippen molar-refractivity contribution in [3.8, 4) is 5.75 Å². The van der Waals surface area contributed by atoms with Gasteiger partial charge in [-0.05, 0) is 44.0 Å². The van der Waals surface area contributed by atoms with Crippen molar-refractivity contribution in [2.75, 3.05) is 12.3 Å². The average Bonchev–Trinajstić information content (AvgIpc) is 2.46. The molecule has 1 aromatic rings. The van der Waals surface area contributed by atoms with Crippen LogP contribution < -0.4 is 0 Å². The maximum absolute atomic E-state index is 12.3. The molecule has 21 heavy (non-hydrogen) atoms. The van der Waals surface area contributed by atoms with Gasteiger partial charge in [-0.15, -0.1) is 11.8 Å². The van der Waals surface area contributed by atoms with Gasteiger partial charge in [0.05, 0.1) is 11.7 Å². The van der Waals surface area contributed by atoms with Gasteiger partial charge < -0.3 is 15.1 Å². The lowest BCUT2D eigenvalue weighted by molar-refractivity contribution is -0.148. The van der Waals surface area contributed by atoms with E-state index in [2.05, 4.69) is 0 Å². The van der Waals surface area contributed by atoms with Gasteiger partial charge in [0.2, 0.25) is 5.91 Å². The van der Waals surface area contributed by atoms with Crippen molar-refractivity contribution in [2.45, 2.75) is 30.7 Å². The number of amides is 1. The lowest BCUT2D eigenvalue weighted by Gasteiger charge is -2.37. The van der Waals surface area contributed by atoms with E-state index in [0.29, 0.717) is 13.0 Å². The third kappa shape index (κ3) is 3.91. The molecule has 1 fully saturated rings. The number of rotatable bonds is 4. The minimum absolute atomic E-state index is 0.0356. The monoisotopic (exact) mass is 309 g/mol. The molecule has 1 aliphatic rings. The van der Waals surface area contributed by atoms with Gasteiger partial charge in [-0.1, -0.05) is 0 Å². The Kier molecular flexibility index (Phi) is 5.12. The summed E-state index contributed by atoms with van der Waals surface area (Å²) in [6, 6.07) is 6.41. The van der Waals surface area contributed by atoms with Crippen LogP contribution in [0.1, 0.15) is 19.8 Å². The van der Waals surface area contributed by atoms with Crippen molar-refractivity contribution in [1.82, 2.24) is 4.90 Å². The summed E-state index contributed by atoms with van der Waals surface area (Å²) in [6.45, 7) is 2.43. The van der Waals surface area contributed by atoms with Crippen LogP contribution >= 0.6 is 11.8 Å². The second-order valence-electron chi connectivity index (χ2n) is 5.20. The molecule has 1 aliphatic heterocycles. The molecule has 2 rings (SSSR count). The maximum Gasteiger partial charge on any atom is 0.308 e. The van der Waals surface area contributed by atoms with Crippen LogP contribution in [0.25, 0.3) is 0 Å². The summed E-state index contributed by atoms with van der Waals surface area (Å²) in [5, 5.41) is 18.4. The maximum atomic E-state index is 12.3. The number of aliphatic carboxylic acids is 1. The van der Waals surface area contributed by atoms with Gasteiger partial charge in [-0.25, -0.2) is 0 Å². The zero-order valence-electron chi connectivity index (χ0n) is 11.9. The summed E-state index contributed by atoms with van der Waals surface area (Å²) < 4.78 is 0. The highest BCUT2D eigenvalue weighted by atomic mass is 32.2. The molecule has 1 heterocycles. The highest BCUT2D eigenvalue weighted by Gasteiger charge is 2.35. The number of carbonyl (C=O) groups is 2. The van der Waals surface area contributed by atoms with Crippen molar-refractivity contribution in [1.29, 1.82) is 0 Å². The van der Waals surface area contributed by atoms with Gasteiger partial charge in [0.15, 0.2) is 0 Å². The fraction of sp³-hybridized carbons (Fsp3) is 0.467. The molecule has 0 bridgehead atoms. The summed E-state index contributed by atoms with van der Waals surface area (Å²) >= 11 is 1.39. The van der Waals surface area contributed by atoms with Crippen LogP contribution in [0.2, 0.25) is 0 Å². The summed E-state index contributed by atoms with van der Waals surface area (Å²) in [6.07, 6.45) is 1.36. The van der Waals surface area contributed by atoms with Crippen molar-refractivity contribution in [2.24, 2.45) is 5.92 Å². The van der Waals surface area contributed by atoms with Gasteiger partial charge in [-0.2, -0.15) is 0 Å². The van der Waals surface area contributed by atoms with Crippen LogP contribution in [-0.2, 0) is 9.59 Å². The number of carboxylic acids is 1. The standard InChI is InChI=1S/C15H19NO4S/c1-10-13(15(19)20)3-2-8-16(10)14(18)9-21-12-6-4-11(17)5-7-12/h4-7,10,13,17H,2-3,8-9H2,1H3,(H,19,20)/t10-,13-/m1/s1. The highest BCUT2D eigenvalue weighted by molar-refractivity contribution is 8.00. The first-order valence-corrected chi connectivity index (χ1v) is 7.91. The topological polar surface area (TPSA) is 77.8 Å². The molecule has 0 unspecified atom stereocenters. The average molecular weight is 309 g/mol. The van der Waals surface area contributed by atoms with E-state index in [1.165, 1.54) is 11.8 Å². The number of aromatic hydroxyl groups is 1. The molecule has 0 radical (unpaired) electrons. The van der Waals surface area contributed by atoms with Crippen molar-refractivity contribution in [3.63, 3.8) is 0 Å². The van der Waals surface area contributed by atoms with Crippen LogP contribution in [0.3, 0.4) is 0 Å². The van der Waals surface area contributed by atoms with E-state index < -0.39 is 11.9 Å². The van der Waals surface area contributed by atoms with E-state index in [9.17, 15) is 19.8 Å².